The van der Waals surface area contributed by atoms with Crippen molar-refractivity contribution in [2.45, 2.75) is 32.9 Å². The second-order valence-electron chi connectivity index (χ2n) is 4.81. The maximum Gasteiger partial charge on any atom is 0.189 e. The van der Waals surface area contributed by atoms with Crippen LogP contribution in [0.2, 0.25) is 5.02 Å². The number of hydrogen-bond donors (Lipinski definition) is 2. The summed E-state index contributed by atoms with van der Waals surface area (Å²) < 4.78 is 0.955. The smallest absolute Gasteiger partial charge is 0.189 e. The van der Waals surface area contributed by atoms with Crippen LogP contribution in [0.1, 0.15) is 26.3 Å². The average Bonchev–Trinajstić information content (AvgIpc) is 2.13. The van der Waals surface area contributed by atoms with Crippen LogP contribution < -0.4 is 11.1 Å². The Morgan fingerprint density at radius 3 is 2.65 bits per heavy atom. The molecule has 0 fully saturated rings. The van der Waals surface area contributed by atoms with Gasteiger partial charge in [-0.05, 0) is 38.5 Å². The van der Waals surface area contributed by atoms with Gasteiger partial charge in [-0.25, -0.2) is 4.99 Å². The topological polar surface area (TPSA) is 50.4 Å². The second-order valence-corrected chi connectivity index (χ2v) is 6.14. The number of guanidine groups is 1. The first-order valence-electron chi connectivity index (χ1n) is 5.30. The van der Waals surface area contributed by atoms with E-state index in [4.69, 9.17) is 17.3 Å². The van der Waals surface area contributed by atoms with Gasteiger partial charge in [-0.15, -0.1) is 0 Å². The molecule has 0 spiro atoms. The first kappa shape index (κ1) is 14.3. The molecule has 94 valence electrons. The molecule has 0 radical (unpaired) electrons. The van der Waals surface area contributed by atoms with Crippen LogP contribution in [-0.2, 0) is 6.54 Å². The Morgan fingerprint density at radius 2 is 2.12 bits per heavy atom. The van der Waals surface area contributed by atoms with Gasteiger partial charge in [0.05, 0.1) is 6.54 Å². The number of benzene rings is 1. The van der Waals surface area contributed by atoms with Crippen molar-refractivity contribution in [1.82, 2.24) is 5.32 Å². The van der Waals surface area contributed by atoms with Gasteiger partial charge < -0.3 is 11.1 Å². The SMILES string of the molecule is CC(C)(C)NC(N)=NCc1ccc(Br)cc1Cl. The molecule has 0 aliphatic rings. The van der Waals surface area contributed by atoms with Gasteiger partial charge in [0.15, 0.2) is 5.96 Å². The highest BCUT2D eigenvalue weighted by Gasteiger charge is 2.09. The molecule has 0 amide bonds. The van der Waals surface area contributed by atoms with E-state index in [2.05, 4.69) is 26.2 Å². The van der Waals surface area contributed by atoms with Crippen molar-refractivity contribution in [1.29, 1.82) is 0 Å². The van der Waals surface area contributed by atoms with Crippen molar-refractivity contribution in [2.24, 2.45) is 10.7 Å². The molecule has 0 aliphatic carbocycles. The van der Waals surface area contributed by atoms with Gasteiger partial charge in [-0.3, -0.25) is 0 Å². The minimum Gasteiger partial charge on any atom is -0.370 e. The van der Waals surface area contributed by atoms with Crippen molar-refractivity contribution >= 4 is 33.5 Å². The number of nitrogens with one attached hydrogen (secondary N) is 1. The summed E-state index contributed by atoms with van der Waals surface area (Å²) in [6.45, 7) is 6.56. The molecule has 0 aromatic heterocycles. The van der Waals surface area contributed by atoms with E-state index in [1.165, 1.54) is 0 Å². The van der Waals surface area contributed by atoms with Crippen LogP contribution in [0.5, 0.6) is 0 Å². The molecule has 0 saturated heterocycles. The minimum absolute atomic E-state index is 0.0862. The molecule has 1 aromatic carbocycles. The number of aliphatic imine (C=N–C) groups is 1. The summed E-state index contributed by atoms with van der Waals surface area (Å²) in [5, 5.41) is 3.78. The molecule has 0 bridgehead atoms. The molecule has 1 rings (SSSR count). The summed E-state index contributed by atoms with van der Waals surface area (Å²) in [6, 6.07) is 5.71. The van der Waals surface area contributed by atoms with Gasteiger partial charge in [0.1, 0.15) is 0 Å². The van der Waals surface area contributed by atoms with E-state index in [-0.39, 0.29) is 5.54 Å². The van der Waals surface area contributed by atoms with E-state index in [1.807, 2.05) is 39.0 Å². The summed E-state index contributed by atoms with van der Waals surface area (Å²) in [5.74, 6) is 0.427. The number of rotatable bonds is 2. The molecule has 0 aliphatic heterocycles. The van der Waals surface area contributed by atoms with E-state index < -0.39 is 0 Å². The molecule has 3 nitrogen and oxygen atoms in total. The van der Waals surface area contributed by atoms with Crippen LogP contribution in [0.4, 0.5) is 0 Å². The van der Waals surface area contributed by atoms with E-state index in [9.17, 15) is 0 Å². The molecule has 3 N–H and O–H groups in total. The number of nitrogens with two attached hydrogens (primary N) is 1. The Morgan fingerprint density at radius 1 is 1.47 bits per heavy atom. The Bertz CT molecular complexity index is 424. The molecule has 17 heavy (non-hydrogen) atoms. The van der Waals surface area contributed by atoms with Crippen molar-refractivity contribution in [2.75, 3.05) is 0 Å². The summed E-state index contributed by atoms with van der Waals surface area (Å²) in [4.78, 5) is 4.25. The Balaban J connectivity index is 2.69. The summed E-state index contributed by atoms with van der Waals surface area (Å²) >= 11 is 9.44. The fraction of sp³-hybridized carbons (Fsp3) is 0.417. The lowest BCUT2D eigenvalue weighted by molar-refractivity contribution is 0.508. The van der Waals surface area contributed by atoms with Gasteiger partial charge in [0.25, 0.3) is 0 Å². The maximum absolute atomic E-state index is 6.09. The van der Waals surface area contributed by atoms with E-state index in [0.29, 0.717) is 17.5 Å². The lowest BCUT2D eigenvalue weighted by Gasteiger charge is -2.21. The van der Waals surface area contributed by atoms with E-state index in [0.717, 1.165) is 10.0 Å². The molecular formula is C12H17BrClN3. The molecule has 5 heteroatoms. The van der Waals surface area contributed by atoms with Crippen LogP contribution in [0.3, 0.4) is 0 Å². The standard InChI is InChI=1S/C12H17BrClN3/c1-12(2,3)17-11(15)16-7-8-4-5-9(13)6-10(8)14/h4-6H,7H2,1-3H3,(H3,15,16,17). The van der Waals surface area contributed by atoms with Crippen molar-refractivity contribution in [3.05, 3.63) is 33.3 Å². The molecule has 0 saturated carbocycles. The van der Waals surface area contributed by atoms with Gasteiger partial charge in [-0.1, -0.05) is 33.6 Å². The summed E-state index contributed by atoms with van der Waals surface area (Å²) in [7, 11) is 0. The third kappa shape index (κ3) is 5.41. The first-order chi connectivity index (χ1) is 7.78. The fourth-order valence-electron chi connectivity index (χ4n) is 1.24. The van der Waals surface area contributed by atoms with E-state index >= 15 is 0 Å². The summed E-state index contributed by atoms with van der Waals surface area (Å²) in [5.41, 5.74) is 6.64. The average molecular weight is 319 g/mol. The lowest BCUT2D eigenvalue weighted by Crippen LogP contribution is -2.44. The number of nitrogens with zero attached hydrogens (tertiary/aromatic N) is 1. The molecule has 0 unspecified atom stereocenters. The zero-order valence-electron chi connectivity index (χ0n) is 10.2. The van der Waals surface area contributed by atoms with Crippen LogP contribution in [0.15, 0.2) is 27.7 Å². The highest BCUT2D eigenvalue weighted by atomic mass is 79.9. The molecule has 0 atom stereocenters. The maximum atomic E-state index is 6.09. The van der Waals surface area contributed by atoms with Gasteiger partial charge >= 0.3 is 0 Å². The van der Waals surface area contributed by atoms with Gasteiger partial charge in [0, 0.05) is 15.0 Å². The minimum atomic E-state index is -0.0862. The third-order valence-electron chi connectivity index (χ3n) is 1.94. The van der Waals surface area contributed by atoms with Crippen LogP contribution in [0, 0.1) is 0 Å². The third-order valence-corrected chi connectivity index (χ3v) is 2.78. The van der Waals surface area contributed by atoms with Gasteiger partial charge in [-0.2, -0.15) is 0 Å². The fourth-order valence-corrected chi connectivity index (χ4v) is 1.98. The Kier molecular flexibility index (Phi) is 4.83. The lowest BCUT2D eigenvalue weighted by atomic mass is 10.1. The largest absolute Gasteiger partial charge is 0.370 e. The number of halogens is 2. The van der Waals surface area contributed by atoms with Crippen molar-refractivity contribution < 1.29 is 0 Å². The zero-order chi connectivity index (χ0) is 13.1. The Hall–Kier alpha value is -0.740. The first-order valence-corrected chi connectivity index (χ1v) is 6.47. The van der Waals surface area contributed by atoms with Crippen LogP contribution in [-0.4, -0.2) is 11.5 Å². The predicted molar refractivity (Wildman–Crippen MR) is 77.4 cm³/mol. The second kappa shape index (κ2) is 5.74. The number of hydrogen-bond acceptors (Lipinski definition) is 1. The van der Waals surface area contributed by atoms with Crippen LogP contribution in [0.25, 0.3) is 0 Å². The molecule has 1 aromatic rings. The normalized spacial score (nSPS) is 12.6. The predicted octanol–water partition coefficient (Wildman–Crippen LogP) is 3.31. The monoisotopic (exact) mass is 317 g/mol. The van der Waals surface area contributed by atoms with Crippen LogP contribution >= 0.6 is 27.5 Å². The molecule has 0 heterocycles. The van der Waals surface area contributed by atoms with Crippen molar-refractivity contribution in [3.63, 3.8) is 0 Å². The summed E-state index contributed by atoms with van der Waals surface area (Å²) in [6.07, 6.45) is 0. The van der Waals surface area contributed by atoms with E-state index in [1.54, 1.807) is 0 Å². The van der Waals surface area contributed by atoms with Crippen molar-refractivity contribution in [3.8, 4) is 0 Å². The zero-order valence-corrected chi connectivity index (χ0v) is 12.6. The Labute approximate surface area is 116 Å². The quantitative estimate of drug-likeness (QED) is 0.649. The van der Waals surface area contributed by atoms with Gasteiger partial charge in [0.2, 0.25) is 0 Å². The highest BCUT2D eigenvalue weighted by Crippen LogP contribution is 2.21. The highest BCUT2D eigenvalue weighted by molar-refractivity contribution is 9.10. The molecular weight excluding hydrogens is 302 g/mol.